The number of benzene rings is 1. The molecule has 0 spiro atoms. The number of hydrogen-bond acceptors (Lipinski definition) is 3. The molecule has 1 N–H and O–H groups in total. The van der Waals surface area contributed by atoms with E-state index in [1.54, 1.807) is 6.07 Å². The maximum Gasteiger partial charge on any atom is 0.250 e. The number of halogens is 1. The summed E-state index contributed by atoms with van der Waals surface area (Å²) in [6.07, 6.45) is 0.662. The fraction of sp³-hybridized carbons (Fsp3) is 0.286. The number of rotatable bonds is 6. The third-order valence-corrected chi connectivity index (χ3v) is 6.61. The van der Waals surface area contributed by atoms with Gasteiger partial charge in [-0.15, -0.1) is 11.3 Å². The van der Waals surface area contributed by atoms with Gasteiger partial charge in [-0.2, -0.15) is 0 Å². The predicted molar refractivity (Wildman–Crippen MR) is 87.1 cm³/mol. The first-order valence-electron chi connectivity index (χ1n) is 6.20. The lowest BCUT2D eigenvalue weighted by atomic mass is 10.1. The van der Waals surface area contributed by atoms with Crippen molar-refractivity contribution in [2.75, 3.05) is 5.33 Å². The number of alkyl halides is 1. The Bertz CT molecular complexity index is 653. The van der Waals surface area contributed by atoms with Crippen LogP contribution in [0, 0.1) is 6.92 Å². The van der Waals surface area contributed by atoms with Crippen molar-refractivity contribution in [3.05, 3.63) is 52.9 Å². The Morgan fingerprint density at radius 1 is 1.20 bits per heavy atom. The van der Waals surface area contributed by atoms with Crippen molar-refractivity contribution in [3.63, 3.8) is 0 Å². The van der Waals surface area contributed by atoms with Gasteiger partial charge in [-0.05, 0) is 31.0 Å². The van der Waals surface area contributed by atoms with Crippen LogP contribution in [0.15, 0.2) is 46.7 Å². The van der Waals surface area contributed by atoms with E-state index in [1.165, 1.54) is 11.3 Å². The molecule has 1 aromatic carbocycles. The molecule has 0 aliphatic rings. The third kappa shape index (κ3) is 4.15. The normalized spacial score (nSPS) is 13.3. The lowest BCUT2D eigenvalue weighted by Crippen LogP contribution is -2.37. The second-order valence-corrected chi connectivity index (χ2v) is 8.40. The monoisotopic (exact) mass is 373 g/mol. The van der Waals surface area contributed by atoms with E-state index in [9.17, 15) is 8.42 Å². The summed E-state index contributed by atoms with van der Waals surface area (Å²) in [6, 6.07) is 13.2. The van der Waals surface area contributed by atoms with Crippen LogP contribution in [0.1, 0.15) is 10.4 Å². The molecule has 2 rings (SSSR count). The van der Waals surface area contributed by atoms with Gasteiger partial charge in [-0.3, -0.25) is 0 Å². The summed E-state index contributed by atoms with van der Waals surface area (Å²) in [5, 5.41) is 0.575. The first-order valence-corrected chi connectivity index (χ1v) is 9.62. The van der Waals surface area contributed by atoms with Crippen LogP contribution in [0.3, 0.4) is 0 Å². The van der Waals surface area contributed by atoms with E-state index >= 15 is 0 Å². The van der Waals surface area contributed by atoms with Crippen molar-refractivity contribution in [2.45, 2.75) is 23.6 Å². The van der Waals surface area contributed by atoms with Crippen LogP contribution in [-0.2, 0) is 16.4 Å². The second-order valence-electron chi connectivity index (χ2n) is 4.53. The molecular formula is C14H16BrNO2S2. The second kappa shape index (κ2) is 6.85. The van der Waals surface area contributed by atoms with Crippen molar-refractivity contribution in [1.29, 1.82) is 0 Å². The van der Waals surface area contributed by atoms with Crippen molar-refractivity contribution < 1.29 is 8.42 Å². The maximum absolute atomic E-state index is 12.3. The quantitative estimate of drug-likeness (QED) is 0.789. The highest BCUT2D eigenvalue weighted by molar-refractivity contribution is 9.09. The lowest BCUT2D eigenvalue weighted by Gasteiger charge is -2.15. The van der Waals surface area contributed by atoms with Crippen molar-refractivity contribution in [2.24, 2.45) is 0 Å². The van der Waals surface area contributed by atoms with Crippen LogP contribution in [-0.4, -0.2) is 19.8 Å². The largest absolute Gasteiger partial charge is 0.250 e. The summed E-state index contributed by atoms with van der Waals surface area (Å²) < 4.78 is 27.7. The Kier molecular flexibility index (Phi) is 5.37. The predicted octanol–water partition coefficient (Wildman–Crippen LogP) is 3.34. The van der Waals surface area contributed by atoms with Gasteiger partial charge in [-0.1, -0.05) is 46.3 Å². The van der Waals surface area contributed by atoms with Gasteiger partial charge in [0.05, 0.1) is 0 Å². The molecule has 2 aromatic rings. The van der Waals surface area contributed by atoms with E-state index in [4.69, 9.17) is 0 Å². The van der Waals surface area contributed by atoms with Crippen LogP contribution in [0.25, 0.3) is 0 Å². The Labute approximate surface area is 132 Å². The molecule has 0 saturated heterocycles. The average Bonchev–Trinajstić information content (AvgIpc) is 2.86. The zero-order chi connectivity index (χ0) is 14.6. The van der Waals surface area contributed by atoms with Gasteiger partial charge >= 0.3 is 0 Å². The molecule has 0 saturated carbocycles. The van der Waals surface area contributed by atoms with Gasteiger partial charge in [0, 0.05) is 16.2 Å². The number of hydrogen-bond donors (Lipinski definition) is 1. The number of nitrogens with one attached hydrogen (secondary N) is 1. The van der Waals surface area contributed by atoms with E-state index in [0.717, 1.165) is 10.4 Å². The summed E-state index contributed by atoms with van der Waals surface area (Å²) >= 11 is 4.67. The fourth-order valence-corrected chi connectivity index (χ4v) is 5.00. The molecule has 1 atom stereocenters. The first-order chi connectivity index (χ1) is 9.51. The van der Waals surface area contributed by atoms with Gasteiger partial charge in [0.2, 0.25) is 10.0 Å². The molecule has 3 nitrogen and oxygen atoms in total. The van der Waals surface area contributed by atoms with Gasteiger partial charge < -0.3 is 0 Å². The van der Waals surface area contributed by atoms with Crippen LogP contribution >= 0.6 is 27.3 Å². The van der Waals surface area contributed by atoms with E-state index in [-0.39, 0.29) is 6.04 Å². The highest BCUT2D eigenvalue weighted by Crippen LogP contribution is 2.21. The zero-order valence-electron chi connectivity index (χ0n) is 11.0. The molecule has 0 radical (unpaired) electrons. The third-order valence-electron chi connectivity index (χ3n) is 2.81. The highest BCUT2D eigenvalue weighted by atomic mass is 79.9. The molecular weight excluding hydrogens is 358 g/mol. The first kappa shape index (κ1) is 15.7. The van der Waals surface area contributed by atoms with E-state index < -0.39 is 10.0 Å². The summed E-state index contributed by atoms with van der Waals surface area (Å²) in [7, 11) is -3.43. The van der Waals surface area contributed by atoms with Crippen molar-refractivity contribution >= 4 is 37.3 Å². The Hall–Kier alpha value is -0.690. The van der Waals surface area contributed by atoms with Gasteiger partial charge in [-0.25, -0.2) is 13.1 Å². The van der Waals surface area contributed by atoms with Crippen LogP contribution in [0.2, 0.25) is 0 Å². The Morgan fingerprint density at radius 3 is 2.45 bits per heavy atom. The Balaban J connectivity index is 2.10. The van der Waals surface area contributed by atoms with E-state index in [0.29, 0.717) is 16.0 Å². The molecule has 0 fully saturated rings. The van der Waals surface area contributed by atoms with Crippen LogP contribution in [0.4, 0.5) is 0 Å². The minimum Gasteiger partial charge on any atom is -0.206 e. The molecule has 0 aliphatic carbocycles. The smallest absolute Gasteiger partial charge is 0.206 e. The standard InChI is InChI=1S/C14H16BrNO2S2/c1-11-7-8-14(19-11)20(17,18)16-13(10-15)9-12-5-3-2-4-6-12/h2-8,13,16H,9-10H2,1H3. The average molecular weight is 374 g/mol. The molecule has 6 heteroatoms. The van der Waals surface area contributed by atoms with Gasteiger partial charge in [0.1, 0.15) is 4.21 Å². The van der Waals surface area contributed by atoms with Gasteiger partial charge in [0.15, 0.2) is 0 Å². The summed E-state index contributed by atoms with van der Waals surface area (Å²) in [5.41, 5.74) is 1.11. The summed E-state index contributed by atoms with van der Waals surface area (Å²) in [5.74, 6) is 0. The Morgan fingerprint density at radius 2 is 1.90 bits per heavy atom. The van der Waals surface area contributed by atoms with Crippen LogP contribution in [0.5, 0.6) is 0 Å². The minimum absolute atomic E-state index is 0.162. The summed E-state index contributed by atoms with van der Waals surface area (Å²) in [4.78, 5) is 0.990. The number of thiophene rings is 1. The van der Waals surface area contributed by atoms with Crippen molar-refractivity contribution in [1.82, 2.24) is 4.72 Å². The van der Waals surface area contributed by atoms with Gasteiger partial charge in [0.25, 0.3) is 0 Å². The van der Waals surface area contributed by atoms with E-state index in [2.05, 4.69) is 20.7 Å². The maximum atomic E-state index is 12.3. The molecule has 1 heterocycles. The lowest BCUT2D eigenvalue weighted by molar-refractivity contribution is 0.564. The molecule has 108 valence electrons. The molecule has 0 bridgehead atoms. The van der Waals surface area contributed by atoms with Crippen LogP contribution < -0.4 is 4.72 Å². The topological polar surface area (TPSA) is 46.2 Å². The highest BCUT2D eigenvalue weighted by Gasteiger charge is 2.21. The molecule has 20 heavy (non-hydrogen) atoms. The number of sulfonamides is 1. The van der Waals surface area contributed by atoms with Crippen molar-refractivity contribution in [3.8, 4) is 0 Å². The zero-order valence-corrected chi connectivity index (χ0v) is 14.3. The minimum atomic E-state index is -3.43. The molecule has 0 aliphatic heterocycles. The number of aryl methyl sites for hydroxylation is 1. The van der Waals surface area contributed by atoms with E-state index in [1.807, 2.05) is 43.3 Å². The molecule has 0 amide bonds. The fourth-order valence-electron chi connectivity index (χ4n) is 1.86. The molecule has 1 unspecified atom stereocenters. The summed E-state index contributed by atoms with van der Waals surface area (Å²) in [6.45, 7) is 1.90. The molecule has 1 aromatic heterocycles. The SMILES string of the molecule is Cc1ccc(S(=O)(=O)NC(CBr)Cc2ccccc2)s1.